The lowest BCUT2D eigenvalue weighted by Crippen LogP contribution is -2.30. The van der Waals surface area contributed by atoms with E-state index in [2.05, 4.69) is 10.3 Å². The highest BCUT2D eigenvalue weighted by Gasteiger charge is 2.21. The van der Waals surface area contributed by atoms with E-state index in [0.717, 1.165) is 11.5 Å². The van der Waals surface area contributed by atoms with Crippen LogP contribution in [0, 0.1) is 13.8 Å². The third-order valence-corrected chi connectivity index (χ3v) is 6.00. The minimum atomic E-state index is -3.52. The quantitative estimate of drug-likeness (QED) is 0.812. The summed E-state index contributed by atoms with van der Waals surface area (Å²) in [7, 11) is -3.52. The van der Waals surface area contributed by atoms with Crippen molar-refractivity contribution in [1.82, 2.24) is 14.6 Å². The number of rotatable bonds is 7. The number of nitrogens with one attached hydrogen (secondary N) is 1. The van der Waals surface area contributed by atoms with Crippen molar-refractivity contribution in [2.75, 3.05) is 13.1 Å². The first-order chi connectivity index (χ1) is 11.8. The first kappa shape index (κ1) is 19.1. The molecule has 0 atom stereocenters. The fourth-order valence-electron chi connectivity index (χ4n) is 2.36. The Kier molecular flexibility index (Phi) is 5.97. The van der Waals surface area contributed by atoms with Crippen LogP contribution in [0.25, 0.3) is 0 Å². The van der Waals surface area contributed by atoms with E-state index < -0.39 is 10.0 Å². The number of aromatic nitrogens is 1. The minimum absolute atomic E-state index is 0.173. The lowest BCUT2D eigenvalue weighted by atomic mass is 10.2. The zero-order chi connectivity index (χ0) is 18.6. The SMILES string of the molecule is CCN(CC)S(=O)(=O)c1ccc(C(=O)NCc2nc(C)c(C)o2)cc1. The minimum Gasteiger partial charge on any atom is -0.444 e. The lowest BCUT2D eigenvalue weighted by molar-refractivity contribution is 0.0947. The number of amides is 1. The van der Waals surface area contributed by atoms with Crippen molar-refractivity contribution < 1.29 is 17.6 Å². The number of nitrogens with zero attached hydrogens (tertiary/aromatic N) is 2. The van der Waals surface area contributed by atoms with E-state index in [4.69, 9.17) is 4.42 Å². The van der Waals surface area contributed by atoms with E-state index in [1.165, 1.54) is 28.6 Å². The van der Waals surface area contributed by atoms with Crippen LogP contribution < -0.4 is 5.32 Å². The number of carbonyl (C=O) groups is 1. The van der Waals surface area contributed by atoms with E-state index in [-0.39, 0.29) is 17.3 Å². The van der Waals surface area contributed by atoms with E-state index >= 15 is 0 Å². The third kappa shape index (κ3) is 4.26. The number of carbonyl (C=O) groups excluding carboxylic acids is 1. The number of benzene rings is 1. The first-order valence-corrected chi connectivity index (χ1v) is 9.54. The fraction of sp³-hybridized carbons (Fsp3) is 0.412. The molecule has 0 radical (unpaired) electrons. The molecule has 0 unspecified atom stereocenters. The predicted molar refractivity (Wildman–Crippen MR) is 93.7 cm³/mol. The second-order valence-electron chi connectivity index (χ2n) is 5.55. The molecule has 7 nitrogen and oxygen atoms in total. The van der Waals surface area contributed by atoms with Crippen molar-refractivity contribution in [3.05, 3.63) is 47.2 Å². The highest BCUT2D eigenvalue weighted by Crippen LogP contribution is 2.16. The van der Waals surface area contributed by atoms with E-state index in [1.807, 2.05) is 13.8 Å². The highest BCUT2D eigenvalue weighted by atomic mass is 32.2. The molecule has 1 N–H and O–H groups in total. The molecule has 8 heteroatoms. The molecule has 0 aliphatic rings. The maximum atomic E-state index is 12.4. The lowest BCUT2D eigenvalue weighted by Gasteiger charge is -2.18. The van der Waals surface area contributed by atoms with Gasteiger partial charge in [-0.25, -0.2) is 13.4 Å². The summed E-state index contributed by atoms with van der Waals surface area (Å²) in [6.45, 7) is 8.19. The maximum Gasteiger partial charge on any atom is 0.251 e. The topological polar surface area (TPSA) is 92.5 Å². The van der Waals surface area contributed by atoms with E-state index in [9.17, 15) is 13.2 Å². The third-order valence-electron chi connectivity index (χ3n) is 3.93. The zero-order valence-corrected chi connectivity index (χ0v) is 15.7. The van der Waals surface area contributed by atoms with Gasteiger partial charge in [-0.2, -0.15) is 4.31 Å². The second kappa shape index (κ2) is 7.79. The molecule has 1 heterocycles. The molecule has 1 aromatic carbocycles. The Morgan fingerprint density at radius 3 is 2.24 bits per heavy atom. The maximum absolute atomic E-state index is 12.4. The summed E-state index contributed by atoms with van der Waals surface area (Å²) < 4.78 is 31.6. The van der Waals surface area contributed by atoms with Crippen molar-refractivity contribution in [3.63, 3.8) is 0 Å². The van der Waals surface area contributed by atoms with Crippen LogP contribution in [0.5, 0.6) is 0 Å². The molecule has 0 fully saturated rings. The second-order valence-corrected chi connectivity index (χ2v) is 7.48. The summed E-state index contributed by atoms with van der Waals surface area (Å²) in [5, 5.41) is 2.70. The van der Waals surface area contributed by atoms with Crippen LogP contribution in [0.3, 0.4) is 0 Å². The predicted octanol–water partition coefficient (Wildman–Crippen LogP) is 2.25. The van der Waals surface area contributed by atoms with Gasteiger partial charge < -0.3 is 9.73 Å². The monoisotopic (exact) mass is 365 g/mol. The smallest absolute Gasteiger partial charge is 0.251 e. The van der Waals surface area contributed by atoms with E-state index in [0.29, 0.717) is 24.5 Å². The molecule has 2 aromatic rings. The summed E-state index contributed by atoms with van der Waals surface area (Å²) in [6.07, 6.45) is 0. The Morgan fingerprint density at radius 1 is 1.16 bits per heavy atom. The van der Waals surface area contributed by atoms with Gasteiger partial charge in [-0.15, -0.1) is 0 Å². The number of aryl methyl sites for hydroxylation is 2. The summed E-state index contributed by atoms with van der Waals surface area (Å²) in [5.41, 5.74) is 1.16. The molecular weight excluding hydrogens is 342 g/mol. The Labute approximate surface area is 148 Å². The standard InChI is InChI=1S/C17H23N3O4S/c1-5-20(6-2)25(22,23)15-9-7-14(8-10-15)17(21)18-11-16-19-12(3)13(4)24-16/h7-10H,5-6,11H2,1-4H3,(H,18,21). The molecule has 1 aromatic heterocycles. The van der Waals surface area contributed by atoms with Gasteiger partial charge in [0, 0.05) is 18.7 Å². The molecule has 0 spiro atoms. The Bertz CT molecular complexity index is 818. The number of oxazole rings is 1. The van der Waals surface area contributed by atoms with Gasteiger partial charge in [-0.3, -0.25) is 4.79 Å². The normalized spacial score (nSPS) is 11.7. The molecule has 0 aliphatic carbocycles. The van der Waals surface area contributed by atoms with Crippen LogP contribution in [0.2, 0.25) is 0 Å². The fourth-order valence-corrected chi connectivity index (χ4v) is 3.82. The molecule has 0 aliphatic heterocycles. The van der Waals surface area contributed by atoms with Gasteiger partial charge in [-0.1, -0.05) is 13.8 Å². The van der Waals surface area contributed by atoms with Crippen LogP contribution in [-0.4, -0.2) is 36.7 Å². The molecule has 2 rings (SSSR count). The van der Waals surface area contributed by atoms with Crippen LogP contribution >= 0.6 is 0 Å². The van der Waals surface area contributed by atoms with Crippen molar-refractivity contribution in [3.8, 4) is 0 Å². The van der Waals surface area contributed by atoms with Crippen LogP contribution in [0.1, 0.15) is 41.6 Å². The first-order valence-electron chi connectivity index (χ1n) is 8.10. The molecule has 1 amide bonds. The summed E-state index contributed by atoms with van der Waals surface area (Å²) in [5.74, 6) is 0.833. The van der Waals surface area contributed by atoms with Gasteiger partial charge in [0.2, 0.25) is 15.9 Å². The van der Waals surface area contributed by atoms with Crippen LogP contribution in [0.15, 0.2) is 33.6 Å². The zero-order valence-electron chi connectivity index (χ0n) is 14.9. The van der Waals surface area contributed by atoms with Gasteiger partial charge in [0.25, 0.3) is 5.91 Å². The van der Waals surface area contributed by atoms with Crippen molar-refractivity contribution in [1.29, 1.82) is 0 Å². The average Bonchev–Trinajstić information content (AvgIpc) is 2.92. The van der Waals surface area contributed by atoms with E-state index in [1.54, 1.807) is 13.8 Å². The highest BCUT2D eigenvalue weighted by molar-refractivity contribution is 7.89. The molecule has 136 valence electrons. The largest absolute Gasteiger partial charge is 0.444 e. The van der Waals surface area contributed by atoms with Crippen LogP contribution in [-0.2, 0) is 16.6 Å². The van der Waals surface area contributed by atoms with Gasteiger partial charge in [0.15, 0.2) is 0 Å². The summed E-state index contributed by atoms with van der Waals surface area (Å²) in [4.78, 5) is 16.5. The van der Waals surface area contributed by atoms with Crippen LogP contribution in [0.4, 0.5) is 0 Å². The number of sulfonamides is 1. The summed E-state index contributed by atoms with van der Waals surface area (Å²) in [6, 6.07) is 5.89. The molecule has 25 heavy (non-hydrogen) atoms. The summed E-state index contributed by atoms with van der Waals surface area (Å²) >= 11 is 0. The van der Waals surface area contributed by atoms with Crippen molar-refractivity contribution >= 4 is 15.9 Å². The van der Waals surface area contributed by atoms with Gasteiger partial charge >= 0.3 is 0 Å². The molecular formula is C17H23N3O4S. The van der Waals surface area contributed by atoms with Gasteiger partial charge in [0.05, 0.1) is 17.1 Å². The van der Waals surface area contributed by atoms with Crippen molar-refractivity contribution in [2.45, 2.75) is 39.1 Å². The van der Waals surface area contributed by atoms with Crippen molar-refractivity contribution in [2.24, 2.45) is 0 Å². The van der Waals surface area contributed by atoms with Gasteiger partial charge in [-0.05, 0) is 38.1 Å². The number of hydrogen-bond acceptors (Lipinski definition) is 5. The Hall–Kier alpha value is -2.19. The molecule has 0 saturated carbocycles. The average molecular weight is 365 g/mol. The number of hydrogen-bond donors (Lipinski definition) is 1. The molecule has 0 saturated heterocycles. The molecule has 0 bridgehead atoms. The van der Waals surface area contributed by atoms with Gasteiger partial charge in [0.1, 0.15) is 5.76 Å². The Balaban J connectivity index is 2.07. The Morgan fingerprint density at radius 2 is 1.76 bits per heavy atom.